The van der Waals surface area contributed by atoms with Crippen LogP contribution >= 0.6 is 35.6 Å². The van der Waals surface area contributed by atoms with Gasteiger partial charge in [0.15, 0.2) is 4.32 Å². The van der Waals surface area contributed by atoms with Gasteiger partial charge in [-0.1, -0.05) is 47.7 Å². The summed E-state index contributed by atoms with van der Waals surface area (Å²) in [5, 5.41) is 0.579. The van der Waals surface area contributed by atoms with Gasteiger partial charge >= 0.3 is 0 Å². The largest absolute Gasteiger partial charge is 0.496 e. The molecule has 5 fully saturated rings. The van der Waals surface area contributed by atoms with Crippen molar-refractivity contribution in [2.75, 3.05) is 12.0 Å². The summed E-state index contributed by atoms with van der Waals surface area (Å²) in [4.78, 5) is 15.5. The summed E-state index contributed by atoms with van der Waals surface area (Å²) in [6.07, 6.45) is 10.1. The Bertz CT molecular complexity index is 1160. The molecule has 4 aliphatic carbocycles. The fourth-order valence-electron chi connectivity index (χ4n) is 7.09. The number of thiocarbonyl (C=S) groups is 1. The first-order chi connectivity index (χ1) is 15.9. The maximum absolute atomic E-state index is 13.3. The van der Waals surface area contributed by atoms with Crippen LogP contribution in [-0.2, 0) is 10.2 Å². The lowest BCUT2D eigenvalue weighted by atomic mass is 9.48. The number of carbonyl (C=O) groups is 1. The molecule has 0 atom stereocenters. The van der Waals surface area contributed by atoms with Crippen LogP contribution in [0.5, 0.6) is 5.75 Å². The molecule has 1 aliphatic heterocycles. The molecule has 2 aromatic rings. The molecule has 0 N–H and O–H groups in total. The topological polar surface area (TPSA) is 29.5 Å². The summed E-state index contributed by atoms with van der Waals surface area (Å²) in [6, 6.07) is 13.9. The van der Waals surface area contributed by atoms with Gasteiger partial charge in [-0.3, -0.25) is 9.69 Å². The van der Waals surface area contributed by atoms with Gasteiger partial charge in [0.1, 0.15) is 5.75 Å². The van der Waals surface area contributed by atoms with Gasteiger partial charge in [0.25, 0.3) is 5.91 Å². The van der Waals surface area contributed by atoms with Crippen molar-refractivity contribution in [1.82, 2.24) is 0 Å². The van der Waals surface area contributed by atoms with Gasteiger partial charge < -0.3 is 4.74 Å². The van der Waals surface area contributed by atoms with Crippen LogP contribution in [-0.4, -0.2) is 17.3 Å². The van der Waals surface area contributed by atoms with E-state index in [0.717, 1.165) is 29.1 Å². The van der Waals surface area contributed by atoms with Crippen LogP contribution in [0.3, 0.4) is 0 Å². The van der Waals surface area contributed by atoms with Crippen LogP contribution in [0.4, 0.5) is 5.69 Å². The summed E-state index contributed by atoms with van der Waals surface area (Å²) in [5.74, 6) is 3.33. The number of hydrogen-bond donors (Lipinski definition) is 0. The molecule has 2 aromatic carbocycles. The Hall–Kier alpha value is -1.82. The lowest BCUT2D eigenvalue weighted by Crippen LogP contribution is -2.48. The molecule has 4 saturated carbocycles. The lowest BCUT2D eigenvalue weighted by Gasteiger charge is -2.57. The molecule has 1 heterocycles. The molecular weight excluding hydrogens is 470 g/mol. The van der Waals surface area contributed by atoms with E-state index >= 15 is 0 Å². The van der Waals surface area contributed by atoms with Crippen molar-refractivity contribution in [1.29, 1.82) is 0 Å². The van der Waals surface area contributed by atoms with Crippen molar-refractivity contribution in [2.45, 2.75) is 43.9 Å². The zero-order valence-corrected chi connectivity index (χ0v) is 20.9. The number of carbonyl (C=O) groups excluding carboxylic acids is 1. The number of hydrogen-bond acceptors (Lipinski definition) is 4. The highest BCUT2D eigenvalue weighted by molar-refractivity contribution is 8.27. The molecule has 7 rings (SSSR count). The molecule has 33 heavy (non-hydrogen) atoms. The van der Waals surface area contributed by atoms with E-state index in [1.165, 1.54) is 55.9 Å². The number of benzene rings is 2. The number of nitrogens with zero attached hydrogens (tertiary/aromatic N) is 1. The van der Waals surface area contributed by atoms with Crippen molar-refractivity contribution in [3.63, 3.8) is 0 Å². The molecule has 4 bridgehead atoms. The van der Waals surface area contributed by atoms with E-state index in [4.69, 9.17) is 28.6 Å². The highest BCUT2D eigenvalue weighted by atomic mass is 35.5. The molecule has 3 nitrogen and oxygen atoms in total. The van der Waals surface area contributed by atoms with Gasteiger partial charge in [0, 0.05) is 10.6 Å². The third-order valence-electron chi connectivity index (χ3n) is 8.03. The zero-order valence-electron chi connectivity index (χ0n) is 18.6. The summed E-state index contributed by atoms with van der Waals surface area (Å²) < 4.78 is 6.21. The average Bonchev–Trinajstić information content (AvgIpc) is 3.05. The van der Waals surface area contributed by atoms with Crippen LogP contribution < -0.4 is 9.64 Å². The van der Waals surface area contributed by atoms with Gasteiger partial charge in [-0.05, 0) is 104 Å². The monoisotopic (exact) mass is 495 g/mol. The molecule has 0 unspecified atom stereocenters. The fraction of sp³-hybridized carbons (Fsp3) is 0.407. The number of anilines is 1. The van der Waals surface area contributed by atoms with Crippen LogP contribution in [0.25, 0.3) is 6.08 Å². The van der Waals surface area contributed by atoms with E-state index in [0.29, 0.717) is 25.4 Å². The van der Waals surface area contributed by atoms with Crippen LogP contribution in [0, 0.1) is 17.8 Å². The van der Waals surface area contributed by atoms with Crippen molar-refractivity contribution in [2.24, 2.45) is 17.8 Å². The molecular formula is C27H26ClNO2S2. The molecule has 1 saturated heterocycles. The standard InChI is InChI=1S/C27H26ClNO2S2/c1-31-23-6-5-20(27-13-16-7-17(14-27)9-18(8-16)15-27)10-19(23)11-24-25(30)29(26(32)33-24)22-4-2-3-21(28)12-22/h2-6,10-12,16-18H,7-9,13-15H2,1H3/b24-11-. The molecule has 6 heteroatoms. The van der Waals surface area contributed by atoms with E-state index in [1.807, 2.05) is 18.2 Å². The molecule has 0 radical (unpaired) electrons. The molecule has 0 aromatic heterocycles. The first-order valence-electron chi connectivity index (χ1n) is 11.7. The maximum Gasteiger partial charge on any atom is 0.270 e. The zero-order chi connectivity index (χ0) is 22.7. The quantitative estimate of drug-likeness (QED) is 0.330. The predicted octanol–water partition coefficient (Wildman–Crippen LogP) is 7.22. The second kappa shape index (κ2) is 8.14. The second-order valence-electron chi connectivity index (χ2n) is 10.2. The number of halogens is 1. The van der Waals surface area contributed by atoms with Crippen molar-refractivity contribution >= 4 is 57.6 Å². The van der Waals surface area contributed by atoms with Crippen molar-refractivity contribution in [3.8, 4) is 5.75 Å². The number of methoxy groups -OCH3 is 1. The van der Waals surface area contributed by atoms with E-state index in [1.54, 1.807) is 24.1 Å². The second-order valence-corrected chi connectivity index (χ2v) is 12.3. The minimum atomic E-state index is -0.116. The van der Waals surface area contributed by atoms with Crippen LogP contribution in [0.2, 0.25) is 5.02 Å². The Labute approximate surface area is 209 Å². The summed E-state index contributed by atoms with van der Waals surface area (Å²) in [5.41, 5.74) is 3.36. The van der Waals surface area contributed by atoms with E-state index in [2.05, 4.69) is 18.2 Å². The first kappa shape index (κ1) is 21.7. The third kappa shape index (κ3) is 3.73. The van der Waals surface area contributed by atoms with E-state index in [9.17, 15) is 4.79 Å². The predicted molar refractivity (Wildman–Crippen MR) is 140 cm³/mol. The van der Waals surface area contributed by atoms with Crippen LogP contribution in [0.15, 0.2) is 47.4 Å². The molecule has 170 valence electrons. The van der Waals surface area contributed by atoms with Crippen molar-refractivity contribution in [3.05, 3.63) is 63.5 Å². The Kier molecular flexibility index (Phi) is 5.35. The van der Waals surface area contributed by atoms with Gasteiger partial charge in [0.05, 0.1) is 17.7 Å². The number of rotatable bonds is 4. The van der Waals surface area contributed by atoms with E-state index in [-0.39, 0.29) is 5.91 Å². The molecule has 0 spiro atoms. The summed E-state index contributed by atoms with van der Waals surface area (Å²) >= 11 is 13.0. The Morgan fingerprint density at radius 1 is 1.09 bits per heavy atom. The first-order valence-corrected chi connectivity index (χ1v) is 13.3. The highest BCUT2D eigenvalue weighted by Gasteiger charge is 2.51. The number of amides is 1. The number of ether oxygens (including phenoxy) is 1. The summed E-state index contributed by atoms with van der Waals surface area (Å²) in [6.45, 7) is 0. The van der Waals surface area contributed by atoms with Gasteiger partial charge in [-0.25, -0.2) is 0 Å². The van der Waals surface area contributed by atoms with Crippen molar-refractivity contribution < 1.29 is 9.53 Å². The molecule has 1 amide bonds. The molecule has 5 aliphatic rings. The minimum Gasteiger partial charge on any atom is -0.496 e. The van der Waals surface area contributed by atoms with Gasteiger partial charge in [-0.2, -0.15) is 0 Å². The maximum atomic E-state index is 13.3. The third-order valence-corrected chi connectivity index (χ3v) is 9.56. The Morgan fingerprint density at radius 2 is 1.79 bits per heavy atom. The average molecular weight is 496 g/mol. The normalized spacial score (nSPS) is 31.6. The van der Waals surface area contributed by atoms with Crippen LogP contribution in [0.1, 0.15) is 49.7 Å². The lowest BCUT2D eigenvalue weighted by molar-refractivity contribution is -0.113. The smallest absolute Gasteiger partial charge is 0.270 e. The Morgan fingerprint density at radius 3 is 2.42 bits per heavy atom. The van der Waals surface area contributed by atoms with E-state index < -0.39 is 0 Å². The fourth-order valence-corrected chi connectivity index (χ4v) is 8.56. The summed E-state index contributed by atoms with van der Waals surface area (Å²) in [7, 11) is 1.69. The Balaban J connectivity index is 1.36. The SMILES string of the molecule is COc1ccc(C23CC4CC(CC(C4)C2)C3)cc1/C=C1\SC(=S)N(c2cccc(Cl)c2)C1=O. The van der Waals surface area contributed by atoms with Gasteiger partial charge in [0.2, 0.25) is 0 Å². The van der Waals surface area contributed by atoms with Gasteiger partial charge in [-0.15, -0.1) is 0 Å². The number of thioether (sulfide) groups is 1. The highest BCUT2D eigenvalue weighted by Crippen LogP contribution is 2.61. The minimum absolute atomic E-state index is 0.116.